The summed E-state index contributed by atoms with van der Waals surface area (Å²) in [6.07, 6.45) is 5.41. The Labute approximate surface area is 190 Å². The summed E-state index contributed by atoms with van der Waals surface area (Å²) >= 11 is 3.74. The maximum Gasteiger partial charge on any atom is 0.180 e. The molecule has 1 fully saturated rings. The van der Waals surface area contributed by atoms with E-state index >= 15 is 0 Å². The Kier molecular flexibility index (Phi) is 5.74. The number of pyridine rings is 1. The van der Waals surface area contributed by atoms with Gasteiger partial charge in [-0.15, -0.1) is 0 Å². The quantitative estimate of drug-likeness (QED) is 0.410. The summed E-state index contributed by atoms with van der Waals surface area (Å²) in [5.74, 6) is 1.57. The van der Waals surface area contributed by atoms with Crippen LogP contribution in [0.15, 0.2) is 65.3 Å². The number of aromatic nitrogens is 3. The molecule has 0 unspecified atom stereocenters. The normalized spacial score (nSPS) is 15.0. The number of H-pyrrole nitrogens is 1. The Morgan fingerprint density at radius 2 is 1.74 bits per heavy atom. The lowest BCUT2D eigenvalue weighted by molar-refractivity contribution is 0.404. The molecule has 0 atom stereocenters. The average Bonchev–Trinajstić information content (AvgIpc) is 3.25. The van der Waals surface area contributed by atoms with Crippen molar-refractivity contribution in [2.45, 2.75) is 25.8 Å². The van der Waals surface area contributed by atoms with Crippen molar-refractivity contribution < 1.29 is 0 Å². The first-order chi connectivity index (χ1) is 15.2. The molecule has 3 heterocycles. The molecule has 1 saturated heterocycles. The Bertz CT molecular complexity index is 1160. The molecule has 4 aromatic rings. The number of aromatic amines is 1. The number of nitrogens with two attached hydrogens (primary N) is 1. The number of halogens is 1. The monoisotopic (exact) mass is 475 g/mol. The summed E-state index contributed by atoms with van der Waals surface area (Å²) in [5, 5.41) is 0. The van der Waals surface area contributed by atoms with Crippen LogP contribution in [0.1, 0.15) is 24.0 Å². The van der Waals surface area contributed by atoms with Crippen LogP contribution in [0.4, 0.5) is 5.69 Å². The highest BCUT2D eigenvalue weighted by molar-refractivity contribution is 9.10. The number of hydrogen-bond acceptors (Lipinski definition) is 4. The van der Waals surface area contributed by atoms with Gasteiger partial charge in [0.05, 0.1) is 10.2 Å². The lowest BCUT2D eigenvalue weighted by Gasteiger charge is -2.34. The highest BCUT2D eigenvalue weighted by atomic mass is 79.9. The van der Waals surface area contributed by atoms with Gasteiger partial charge in [-0.2, -0.15) is 0 Å². The third kappa shape index (κ3) is 4.23. The van der Waals surface area contributed by atoms with Crippen molar-refractivity contribution in [2.75, 3.05) is 18.0 Å². The molecule has 1 aliphatic rings. The van der Waals surface area contributed by atoms with Crippen LogP contribution in [0.25, 0.3) is 22.6 Å². The third-order valence-corrected chi connectivity index (χ3v) is 6.79. The molecule has 0 amide bonds. The van der Waals surface area contributed by atoms with Gasteiger partial charge in [0.15, 0.2) is 5.65 Å². The number of fused-ring (bicyclic) bond motifs is 1. The fraction of sp³-hybridized carbons (Fsp3) is 0.280. The number of hydrogen-bond donors (Lipinski definition) is 2. The molecular formula is C25H26BrN5. The topological polar surface area (TPSA) is 70.8 Å². The Balaban J connectivity index is 1.38. The van der Waals surface area contributed by atoms with Gasteiger partial charge in [-0.3, -0.25) is 0 Å². The maximum atomic E-state index is 5.73. The number of nitrogens with zero attached hydrogens (tertiary/aromatic N) is 3. The van der Waals surface area contributed by atoms with Gasteiger partial charge in [0.25, 0.3) is 0 Å². The van der Waals surface area contributed by atoms with E-state index in [4.69, 9.17) is 10.7 Å². The third-order valence-electron chi connectivity index (χ3n) is 6.21. The SMILES string of the molecule is NCc1ccc(-c2nc3ncc(Br)c(N4CCC(Cc5ccccc5)CC4)c3[nH]2)cc1. The largest absolute Gasteiger partial charge is 0.369 e. The lowest BCUT2D eigenvalue weighted by atomic mass is 9.90. The second-order valence-corrected chi connectivity index (χ2v) is 9.11. The molecule has 2 aromatic heterocycles. The van der Waals surface area contributed by atoms with Gasteiger partial charge in [0, 0.05) is 31.4 Å². The van der Waals surface area contributed by atoms with E-state index < -0.39 is 0 Å². The second-order valence-electron chi connectivity index (χ2n) is 8.26. The van der Waals surface area contributed by atoms with E-state index in [1.165, 1.54) is 24.1 Å². The number of nitrogens with one attached hydrogen (secondary N) is 1. The van der Waals surface area contributed by atoms with Gasteiger partial charge in [-0.25, -0.2) is 9.97 Å². The first-order valence-corrected chi connectivity index (χ1v) is 11.6. The van der Waals surface area contributed by atoms with Gasteiger partial charge in [0.2, 0.25) is 0 Å². The highest BCUT2D eigenvalue weighted by Crippen LogP contribution is 2.36. The molecule has 6 heteroatoms. The summed E-state index contributed by atoms with van der Waals surface area (Å²) in [6.45, 7) is 2.61. The number of imidazole rings is 1. The minimum Gasteiger partial charge on any atom is -0.369 e. The van der Waals surface area contributed by atoms with Crippen molar-refractivity contribution in [2.24, 2.45) is 11.7 Å². The fourth-order valence-electron chi connectivity index (χ4n) is 4.47. The van der Waals surface area contributed by atoms with E-state index in [-0.39, 0.29) is 0 Å². The van der Waals surface area contributed by atoms with Crippen molar-refractivity contribution in [1.82, 2.24) is 15.0 Å². The van der Waals surface area contributed by atoms with Crippen LogP contribution in [0.3, 0.4) is 0 Å². The van der Waals surface area contributed by atoms with Crippen LogP contribution in [0.2, 0.25) is 0 Å². The number of benzene rings is 2. The second kappa shape index (κ2) is 8.81. The van der Waals surface area contributed by atoms with Crippen LogP contribution in [-0.4, -0.2) is 28.0 Å². The van der Waals surface area contributed by atoms with E-state index in [0.29, 0.717) is 6.54 Å². The summed E-state index contributed by atoms with van der Waals surface area (Å²) in [5.41, 5.74) is 12.2. The smallest absolute Gasteiger partial charge is 0.180 e. The molecule has 5 rings (SSSR count). The first-order valence-electron chi connectivity index (χ1n) is 10.8. The predicted octanol–water partition coefficient (Wildman–Crippen LogP) is 5.31. The van der Waals surface area contributed by atoms with Crippen LogP contribution in [0.5, 0.6) is 0 Å². The van der Waals surface area contributed by atoms with Gasteiger partial charge >= 0.3 is 0 Å². The molecule has 1 aliphatic heterocycles. The lowest BCUT2D eigenvalue weighted by Crippen LogP contribution is -2.34. The van der Waals surface area contributed by atoms with Crippen LogP contribution >= 0.6 is 15.9 Å². The summed E-state index contributed by atoms with van der Waals surface area (Å²) in [6, 6.07) is 19.0. The van der Waals surface area contributed by atoms with Crippen LogP contribution < -0.4 is 10.6 Å². The zero-order valence-corrected chi connectivity index (χ0v) is 19.0. The summed E-state index contributed by atoms with van der Waals surface area (Å²) in [7, 11) is 0. The predicted molar refractivity (Wildman–Crippen MR) is 130 cm³/mol. The molecule has 0 spiro atoms. The zero-order chi connectivity index (χ0) is 21.2. The van der Waals surface area contributed by atoms with Crippen LogP contribution in [0, 0.1) is 5.92 Å². The Hall–Kier alpha value is -2.70. The minimum absolute atomic E-state index is 0.541. The maximum absolute atomic E-state index is 5.73. The molecular weight excluding hydrogens is 450 g/mol. The number of piperidine rings is 1. The molecule has 0 aliphatic carbocycles. The average molecular weight is 476 g/mol. The van der Waals surface area contributed by atoms with Crippen molar-refractivity contribution in [3.8, 4) is 11.4 Å². The van der Waals surface area contributed by atoms with Gasteiger partial charge in [-0.1, -0.05) is 54.6 Å². The van der Waals surface area contributed by atoms with Gasteiger partial charge in [-0.05, 0) is 52.2 Å². The molecule has 0 saturated carbocycles. The van der Waals surface area contributed by atoms with Crippen LogP contribution in [-0.2, 0) is 13.0 Å². The van der Waals surface area contributed by atoms with Gasteiger partial charge < -0.3 is 15.6 Å². The molecule has 158 valence electrons. The Morgan fingerprint density at radius 3 is 2.45 bits per heavy atom. The van der Waals surface area contributed by atoms with Crippen molar-refractivity contribution in [3.05, 3.63) is 76.4 Å². The first kappa shape index (κ1) is 20.2. The van der Waals surface area contributed by atoms with E-state index in [1.807, 2.05) is 18.3 Å². The number of rotatable bonds is 5. The standard InChI is InChI=1S/C25H26BrN5/c26-21-16-28-25-22(29-24(30-25)20-8-6-19(15-27)7-9-20)23(21)31-12-10-18(11-13-31)14-17-4-2-1-3-5-17/h1-9,16,18H,10-15,27H2,(H,28,29,30). The van der Waals surface area contributed by atoms with Gasteiger partial charge in [0.1, 0.15) is 11.3 Å². The van der Waals surface area contributed by atoms with Crippen molar-refractivity contribution in [3.63, 3.8) is 0 Å². The summed E-state index contributed by atoms with van der Waals surface area (Å²) < 4.78 is 1.01. The molecule has 2 aromatic carbocycles. The fourth-order valence-corrected chi connectivity index (χ4v) is 5.03. The van der Waals surface area contributed by atoms with Crippen molar-refractivity contribution in [1.29, 1.82) is 0 Å². The minimum atomic E-state index is 0.541. The molecule has 0 bridgehead atoms. The van der Waals surface area contributed by atoms with E-state index in [1.54, 1.807) is 0 Å². The summed E-state index contributed by atoms with van der Waals surface area (Å²) in [4.78, 5) is 15.3. The Morgan fingerprint density at radius 1 is 1.00 bits per heavy atom. The van der Waals surface area contributed by atoms with E-state index in [9.17, 15) is 0 Å². The zero-order valence-electron chi connectivity index (χ0n) is 17.4. The molecule has 3 N–H and O–H groups in total. The molecule has 5 nitrogen and oxygen atoms in total. The van der Waals surface area contributed by atoms with E-state index in [0.717, 1.165) is 58.0 Å². The van der Waals surface area contributed by atoms with Crippen molar-refractivity contribution >= 4 is 32.8 Å². The highest BCUT2D eigenvalue weighted by Gasteiger charge is 2.24. The molecule has 31 heavy (non-hydrogen) atoms. The molecule has 0 radical (unpaired) electrons. The van der Waals surface area contributed by atoms with E-state index in [2.05, 4.69) is 73.3 Å². The number of anilines is 1.